The van der Waals surface area contributed by atoms with Crippen LogP contribution in [0.25, 0.3) is 0 Å². The molecule has 19 heavy (non-hydrogen) atoms. The number of nitrogens with one attached hydrogen (secondary N) is 1. The van der Waals surface area contributed by atoms with E-state index in [2.05, 4.69) is 5.32 Å². The number of carbonyl (C=O) groups is 1. The number of nitrogens with two attached hydrogens (primary N) is 1. The van der Waals surface area contributed by atoms with Crippen LogP contribution in [-0.4, -0.2) is 20.1 Å². The average molecular weight is 278 g/mol. The van der Waals surface area contributed by atoms with Crippen molar-refractivity contribution in [1.29, 1.82) is 0 Å². The molecule has 0 spiro atoms. The van der Waals surface area contributed by atoms with Crippen LogP contribution in [0.1, 0.15) is 9.67 Å². The minimum atomic E-state index is -0.226. The maximum atomic E-state index is 12.1. The Kier molecular flexibility index (Phi) is 3.91. The van der Waals surface area contributed by atoms with Gasteiger partial charge in [0.15, 0.2) is 0 Å². The number of benzene rings is 1. The second kappa shape index (κ2) is 5.62. The summed E-state index contributed by atoms with van der Waals surface area (Å²) < 4.78 is 10.2. The molecule has 1 amide bonds. The molecule has 1 heterocycles. The molecule has 1 aromatic carbocycles. The van der Waals surface area contributed by atoms with E-state index in [1.807, 2.05) is 0 Å². The van der Waals surface area contributed by atoms with E-state index in [0.29, 0.717) is 27.8 Å². The number of methoxy groups -OCH3 is 2. The molecule has 0 aliphatic rings. The summed E-state index contributed by atoms with van der Waals surface area (Å²) in [5.41, 5.74) is 6.86. The maximum absolute atomic E-state index is 12.1. The molecule has 0 bridgehead atoms. The first-order chi connectivity index (χ1) is 9.15. The number of anilines is 2. The third-order valence-electron chi connectivity index (χ3n) is 2.54. The molecule has 0 aliphatic carbocycles. The van der Waals surface area contributed by atoms with Gasteiger partial charge in [-0.1, -0.05) is 0 Å². The second-order valence-corrected chi connectivity index (χ2v) is 4.65. The van der Waals surface area contributed by atoms with Gasteiger partial charge in [-0.2, -0.15) is 0 Å². The van der Waals surface area contributed by atoms with Crippen LogP contribution >= 0.6 is 11.3 Å². The molecule has 2 aromatic rings. The molecule has 2 rings (SSSR count). The highest BCUT2D eigenvalue weighted by Gasteiger charge is 2.14. The summed E-state index contributed by atoms with van der Waals surface area (Å²) in [6.07, 6.45) is 0. The van der Waals surface area contributed by atoms with Gasteiger partial charge in [-0.05, 0) is 29.6 Å². The monoisotopic (exact) mass is 278 g/mol. The van der Waals surface area contributed by atoms with Crippen molar-refractivity contribution >= 4 is 28.6 Å². The van der Waals surface area contributed by atoms with Crippen molar-refractivity contribution in [3.8, 4) is 11.5 Å². The number of hydrogen-bond acceptors (Lipinski definition) is 5. The predicted molar refractivity (Wildman–Crippen MR) is 76.2 cm³/mol. The molecule has 0 atom stereocenters. The Labute approximate surface area is 115 Å². The van der Waals surface area contributed by atoms with Crippen molar-refractivity contribution in [3.05, 3.63) is 34.5 Å². The minimum Gasteiger partial charge on any atom is -0.495 e. The highest BCUT2D eigenvalue weighted by atomic mass is 32.1. The minimum absolute atomic E-state index is 0.226. The molecular formula is C13H14N2O3S. The van der Waals surface area contributed by atoms with Gasteiger partial charge in [0.1, 0.15) is 16.4 Å². The molecule has 0 saturated carbocycles. The number of amides is 1. The van der Waals surface area contributed by atoms with Gasteiger partial charge in [-0.15, -0.1) is 11.3 Å². The molecule has 0 saturated heterocycles. The fourth-order valence-electron chi connectivity index (χ4n) is 1.62. The largest absolute Gasteiger partial charge is 0.495 e. The number of ether oxygens (including phenoxy) is 2. The first-order valence-corrected chi connectivity index (χ1v) is 6.40. The van der Waals surface area contributed by atoms with Crippen molar-refractivity contribution in [1.82, 2.24) is 0 Å². The summed E-state index contributed by atoms with van der Waals surface area (Å²) in [5, 5.41) is 4.57. The molecule has 0 radical (unpaired) electrons. The van der Waals surface area contributed by atoms with Crippen molar-refractivity contribution < 1.29 is 14.3 Å². The lowest BCUT2D eigenvalue weighted by Crippen LogP contribution is -2.11. The summed E-state index contributed by atoms with van der Waals surface area (Å²) in [6, 6.07) is 6.84. The Morgan fingerprint density at radius 3 is 2.58 bits per heavy atom. The number of thiophene rings is 1. The Morgan fingerprint density at radius 2 is 1.95 bits per heavy atom. The molecule has 100 valence electrons. The lowest BCUT2D eigenvalue weighted by atomic mass is 10.2. The molecule has 0 aliphatic heterocycles. The Bertz CT molecular complexity index is 595. The quantitative estimate of drug-likeness (QED) is 0.843. The first-order valence-electron chi connectivity index (χ1n) is 5.52. The predicted octanol–water partition coefficient (Wildman–Crippen LogP) is 2.60. The number of nitrogen functional groups attached to an aromatic ring is 1. The van der Waals surface area contributed by atoms with Crippen LogP contribution in [0.4, 0.5) is 11.4 Å². The van der Waals surface area contributed by atoms with Gasteiger partial charge in [0, 0.05) is 5.69 Å². The van der Waals surface area contributed by atoms with Crippen LogP contribution in [0.5, 0.6) is 11.5 Å². The standard InChI is InChI=1S/C13H14N2O3S/c1-17-10-4-3-8(7-9(10)14)15-13(16)12-11(18-2)5-6-19-12/h3-7H,14H2,1-2H3,(H,15,16). The molecule has 6 heteroatoms. The van der Waals surface area contributed by atoms with Gasteiger partial charge in [0.25, 0.3) is 5.91 Å². The summed E-state index contributed by atoms with van der Waals surface area (Å²) in [7, 11) is 3.07. The molecule has 0 unspecified atom stereocenters. The zero-order valence-electron chi connectivity index (χ0n) is 10.6. The number of rotatable bonds is 4. The molecule has 5 nitrogen and oxygen atoms in total. The summed E-state index contributed by atoms with van der Waals surface area (Å²) in [5.74, 6) is 0.909. The van der Waals surface area contributed by atoms with Crippen LogP contribution in [0.15, 0.2) is 29.6 Å². The van der Waals surface area contributed by atoms with Crippen LogP contribution < -0.4 is 20.5 Å². The summed E-state index contributed by atoms with van der Waals surface area (Å²) in [6.45, 7) is 0. The number of hydrogen-bond donors (Lipinski definition) is 2. The van der Waals surface area contributed by atoms with Crippen molar-refractivity contribution in [2.75, 3.05) is 25.3 Å². The highest BCUT2D eigenvalue weighted by molar-refractivity contribution is 7.12. The van der Waals surface area contributed by atoms with Gasteiger partial charge in [0.2, 0.25) is 0 Å². The second-order valence-electron chi connectivity index (χ2n) is 3.73. The van der Waals surface area contributed by atoms with Gasteiger partial charge in [0.05, 0.1) is 19.9 Å². The van der Waals surface area contributed by atoms with Crippen molar-refractivity contribution in [3.63, 3.8) is 0 Å². The first kappa shape index (κ1) is 13.2. The normalized spacial score (nSPS) is 10.0. The van der Waals surface area contributed by atoms with E-state index in [1.54, 1.807) is 36.8 Å². The van der Waals surface area contributed by atoms with Gasteiger partial charge in [-0.25, -0.2) is 0 Å². The van der Waals surface area contributed by atoms with Gasteiger partial charge in [-0.3, -0.25) is 4.79 Å². The Hall–Kier alpha value is -2.21. The maximum Gasteiger partial charge on any atom is 0.269 e. The topological polar surface area (TPSA) is 73.6 Å². The fraction of sp³-hybridized carbons (Fsp3) is 0.154. The lowest BCUT2D eigenvalue weighted by molar-refractivity contribution is 0.102. The van der Waals surface area contributed by atoms with E-state index < -0.39 is 0 Å². The Morgan fingerprint density at radius 1 is 1.21 bits per heavy atom. The highest BCUT2D eigenvalue weighted by Crippen LogP contribution is 2.28. The van der Waals surface area contributed by atoms with Gasteiger partial charge < -0.3 is 20.5 Å². The zero-order valence-corrected chi connectivity index (χ0v) is 11.4. The van der Waals surface area contributed by atoms with Crippen LogP contribution in [0, 0.1) is 0 Å². The molecule has 3 N–H and O–H groups in total. The van der Waals surface area contributed by atoms with E-state index in [0.717, 1.165) is 0 Å². The smallest absolute Gasteiger partial charge is 0.269 e. The van der Waals surface area contributed by atoms with Crippen molar-refractivity contribution in [2.45, 2.75) is 0 Å². The summed E-state index contributed by atoms with van der Waals surface area (Å²) >= 11 is 1.32. The van der Waals surface area contributed by atoms with Crippen molar-refractivity contribution in [2.24, 2.45) is 0 Å². The SMILES string of the molecule is COc1ccc(NC(=O)c2sccc2OC)cc1N. The fourth-order valence-corrected chi connectivity index (χ4v) is 2.38. The molecule has 1 aromatic heterocycles. The average Bonchev–Trinajstić information content (AvgIpc) is 2.87. The van der Waals surface area contributed by atoms with E-state index in [-0.39, 0.29) is 5.91 Å². The molecular weight excluding hydrogens is 264 g/mol. The van der Waals surface area contributed by atoms with Crippen LogP contribution in [0.3, 0.4) is 0 Å². The zero-order chi connectivity index (χ0) is 13.8. The van der Waals surface area contributed by atoms with E-state index in [4.69, 9.17) is 15.2 Å². The van der Waals surface area contributed by atoms with Gasteiger partial charge >= 0.3 is 0 Å². The Balaban J connectivity index is 2.17. The van der Waals surface area contributed by atoms with Crippen LogP contribution in [-0.2, 0) is 0 Å². The lowest BCUT2D eigenvalue weighted by Gasteiger charge is -2.08. The van der Waals surface area contributed by atoms with Crippen LogP contribution in [0.2, 0.25) is 0 Å². The number of carbonyl (C=O) groups excluding carboxylic acids is 1. The molecule has 0 fully saturated rings. The third-order valence-corrected chi connectivity index (χ3v) is 3.44. The third kappa shape index (κ3) is 2.79. The summed E-state index contributed by atoms with van der Waals surface area (Å²) in [4.78, 5) is 12.6. The van der Waals surface area contributed by atoms with E-state index >= 15 is 0 Å². The van der Waals surface area contributed by atoms with E-state index in [9.17, 15) is 4.79 Å². The van der Waals surface area contributed by atoms with E-state index in [1.165, 1.54) is 18.4 Å².